The summed E-state index contributed by atoms with van der Waals surface area (Å²) in [6.45, 7) is 11.5. The minimum absolute atomic E-state index is 0.244. The maximum atomic E-state index is 11.0. The lowest BCUT2D eigenvalue weighted by molar-refractivity contribution is -0.118. The van der Waals surface area contributed by atoms with E-state index >= 15 is 0 Å². The zero-order chi connectivity index (χ0) is 20.0. The van der Waals surface area contributed by atoms with Crippen molar-refractivity contribution in [2.75, 3.05) is 7.11 Å². The molecule has 0 aliphatic carbocycles. The standard InChI is InChI=1S/C23H32N2O2/c1-6-17(4)10-12-20-19-13-11-18(27-5)15-21(19)25(23(20)16(2)3)14-8-7-9-22(24)26/h10-13,15,17H,2,6-9,14H2,1,3-5H3,(H2,24,26)/b12-10-. The van der Waals surface area contributed by atoms with Gasteiger partial charge in [0.2, 0.25) is 5.91 Å². The van der Waals surface area contributed by atoms with Gasteiger partial charge in [0.25, 0.3) is 0 Å². The molecule has 1 atom stereocenters. The Labute approximate surface area is 162 Å². The molecule has 0 aliphatic rings. The Hall–Kier alpha value is -2.49. The Morgan fingerprint density at radius 1 is 1.37 bits per heavy atom. The molecule has 2 aromatic rings. The van der Waals surface area contributed by atoms with Crippen LogP contribution in [0.1, 0.15) is 57.7 Å². The van der Waals surface area contributed by atoms with Gasteiger partial charge >= 0.3 is 0 Å². The second kappa shape index (κ2) is 9.45. The van der Waals surface area contributed by atoms with Gasteiger partial charge in [-0.3, -0.25) is 4.79 Å². The molecule has 1 amide bonds. The highest BCUT2D eigenvalue weighted by molar-refractivity contribution is 5.96. The molecule has 1 unspecified atom stereocenters. The lowest BCUT2D eigenvalue weighted by atomic mass is 10.0. The Morgan fingerprint density at radius 2 is 2.11 bits per heavy atom. The number of carbonyl (C=O) groups is 1. The average Bonchev–Trinajstić information content (AvgIpc) is 2.95. The van der Waals surface area contributed by atoms with Crippen molar-refractivity contribution in [2.45, 2.75) is 53.0 Å². The third-order valence-corrected chi connectivity index (χ3v) is 5.01. The van der Waals surface area contributed by atoms with E-state index in [-0.39, 0.29) is 5.91 Å². The number of allylic oxidation sites excluding steroid dienone is 2. The highest BCUT2D eigenvalue weighted by Crippen LogP contribution is 2.34. The number of fused-ring (bicyclic) bond motifs is 1. The molecule has 1 aromatic carbocycles. The molecule has 27 heavy (non-hydrogen) atoms. The number of ether oxygens (including phenoxy) is 1. The summed E-state index contributed by atoms with van der Waals surface area (Å²) in [6, 6.07) is 6.20. The Balaban J connectivity index is 2.55. The van der Waals surface area contributed by atoms with E-state index in [1.807, 2.05) is 13.0 Å². The molecule has 1 heterocycles. The lowest BCUT2D eigenvalue weighted by Gasteiger charge is -2.12. The van der Waals surface area contributed by atoms with Crippen LogP contribution in [0.3, 0.4) is 0 Å². The number of primary amides is 1. The van der Waals surface area contributed by atoms with Crippen molar-refractivity contribution >= 4 is 28.5 Å². The first-order valence-electron chi connectivity index (χ1n) is 9.71. The summed E-state index contributed by atoms with van der Waals surface area (Å²) in [5.41, 5.74) is 9.80. The third-order valence-electron chi connectivity index (χ3n) is 5.01. The molecule has 0 saturated carbocycles. The van der Waals surface area contributed by atoms with Gasteiger partial charge < -0.3 is 15.0 Å². The van der Waals surface area contributed by atoms with Crippen LogP contribution < -0.4 is 10.5 Å². The second-order valence-electron chi connectivity index (χ2n) is 7.25. The predicted molar refractivity (Wildman–Crippen MR) is 115 cm³/mol. The van der Waals surface area contributed by atoms with Crippen molar-refractivity contribution in [1.82, 2.24) is 4.57 Å². The van der Waals surface area contributed by atoms with E-state index in [0.29, 0.717) is 12.3 Å². The third kappa shape index (κ3) is 5.03. The minimum atomic E-state index is -0.244. The predicted octanol–water partition coefficient (Wildman–Crippen LogP) is 5.40. The van der Waals surface area contributed by atoms with Crippen LogP contribution in [-0.2, 0) is 11.3 Å². The molecule has 0 fully saturated rings. The molecular weight excluding hydrogens is 336 g/mol. The molecule has 0 bridgehead atoms. The molecular formula is C23H32N2O2. The Kier molecular flexibility index (Phi) is 7.28. The number of nitrogens with two attached hydrogens (primary N) is 1. The quantitative estimate of drug-likeness (QED) is 0.571. The molecule has 2 N–H and O–H groups in total. The van der Waals surface area contributed by atoms with Crippen molar-refractivity contribution in [3.8, 4) is 5.75 Å². The molecule has 0 radical (unpaired) electrons. The summed E-state index contributed by atoms with van der Waals surface area (Å²) in [5.74, 6) is 1.12. The topological polar surface area (TPSA) is 57.2 Å². The number of rotatable bonds is 10. The summed E-state index contributed by atoms with van der Waals surface area (Å²) in [4.78, 5) is 11.0. The maximum Gasteiger partial charge on any atom is 0.217 e. The van der Waals surface area contributed by atoms with Crippen LogP contribution in [0.4, 0.5) is 0 Å². The van der Waals surface area contributed by atoms with Crippen molar-refractivity contribution in [3.63, 3.8) is 0 Å². The number of unbranched alkanes of at least 4 members (excludes halogenated alkanes) is 1. The molecule has 4 heteroatoms. The normalized spacial score (nSPS) is 12.6. The fourth-order valence-corrected chi connectivity index (χ4v) is 3.31. The van der Waals surface area contributed by atoms with E-state index in [0.717, 1.165) is 48.3 Å². The number of aromatic nitrogens is 1. The number of carbonyl (C=O) groups excluding carboxylic acids is 1. The van der Waals surface area contributed by atoms with Crippen LogP contribution in [0.5, 0.6) is 5.75 Å². The monoisotopic (exact) mass is 368 g/mol. The zero-order valence-electron chi connectivity index (χ0n) is 17.0. The number of methoxy groups -OCH3 is 1. The smallest absolute Gasteiger partial charge is 0.217 e. The molecule has 0 spiro atoms. The summed E-state index contributed by atoms with van der Waals surface area (Å²) < 4.78 is 7.75. The van der Waals surface area contributed by atoms with E-state index < -0.39 is 0 Å². The van der Waals surface area contributed by atoms with Crippen LogP contribution in [0, 0.1) is 5.92 Å². The van der Waals surface area contributed by atoms with Crippen molar-refractivity contribution < 1.29 is 9.53 Å². The van der Waals surface area contributed by atoms with Crippen molar-refractivity contribution in [1.29, 1.82) is 0 Å². The second-order valence-corrected chi connectivity index (χ2v) is 7.25. The fourth-order valence-electron chi connectivity index (χ4n) is 3.31. The van der Waals surface area contributed by atoms with Gasteiger partial charge in [0, 0.05) is 30.0 Å². The number of amides is 1. The average molecular weight is 369 g/mol. The summed E-state index contributed by atoms with van der Waals surface area (Å²) in [5, 5.41) is 1.20. The first-order chi connectivity index (χ1) is 12.9. The van der Waals surface area contributed by atoms with Gasteiger partial charge in [-0.25, -0.2) is 0 Å². The number of nitrogens with zero attached hydrogens (tertiary/aromatic N) is 1. The van der Waals surface area contributed by atoms with Crippen molar-refractivity contribution in [3.05, 3.63) is 42.1 Å². The van der Waals surface area contributed by atoms with E-state index in [1.54, 1.807) is 7.11 Å². The van der Waals surface area contributed by atoms with E-state index in [4.69, 9.17) is 10.5 Å². The van der Waals surface area contributed by atoms with Crippen LogP contribution >= 0.6 is 0 Å². The lowest BCUT2D eigenvalue weighted by Crippen LogP contribution is -2.10. The number of hydrogen-bond acceptors (Lipinski definition) is 2. The molecule has 1 aromatic heterocycles. The Bertz CT molecular complexity index is 846. The van der Waals surface area contributed by atoms with Gasteiger partial charge in [0.1, 0.15) is 5.75 Å². The maximum absolute atomic E-state index is 11.0. The van der Waals surface area contributed by atoms with Crippen LogP contribution in [0.25, 0.3) is 22.6 Å². The fraction of sp³-hybridized carbons (Fsp3) is 0.435. The molecule has 4 nitrogen and oxygen atoms in total. The minimum Gasteiger partial charge on any atom is -0.497 e. The van der Waals surface area contributed by atoms with E-state index in [2.05, 4.69) is 49.3 Å². The van der Waals surface area contributed by atoms with Crippen LogP contribution in [0.15, 0.2) is 30.9 Å². The Morgan fingerprint density at radius 3 is 2.70 bits per heavy atom. The summed E-state index contributed by atoms with van der Waals surface area (Å²) in [7, 11) is 1.69. The first-order valence-corrected chi connectivity index (χ1v) is 9.71. The van der Waals surface area contributed by atoms with Gasteiger partial charge in [-0.1, -0.05) is 39.0 Å². The van der Waals surface area contributed by atoms with Gasteiger partial charge in [-0.15, -0.1) is 0 Å². The zero-order valence-corrected chi connectivity index (χ0v) is 17.0. The van der Waals surface area contributed by atoms with Gasteiger partial charge in [-0.2, -0.15) is 0 Å². The van der Waals surface area contributed by atoms with Crippen LogP contribution in [0.2, 0.25) is 0 Å². The molecule has 0 aliphatic heterocycles. The first kappa shape index (κ1) is 20.8. The van der Waals surface area contributed by atoms with Crippen molar-refractivity contribution in [2.24, 2.45) is 11.7 Å². The molecule has 146 valence electrons. The van der Waals surface area contributed by atoms with Crippen LogP contribution in [-0.4, -0.2) is 17.6 Å². The van der Waals surface area contributed by atoms with Gasteiger partial charge in [0.05, 0.1) is 18.3 Å². The van der Waals surface area contributed by atoms with Gasteiger partial charge in [-0.05, 0) is 43.4 Å². The summed E-state index contributed by atoms with van der Waals surface area (Å²) >= 11 is 0. The van der Waals surface area contributed by atoms with Gasteiger partial charge in [0.15, 0.2) is 0 Å². The molecule has 2 rings (SSSR count). The number of hydrogen-bond donors (Lipinski definition) is 1. The van der Waals surface area contributed by atoms with E-state index in [9.17, 15) is 4.79 Å². The summed E-state index contributed by atoms with van der Waals surface area (Å²) in [6.07, 6.45) is 7.70. The highest BCUT2D eigenvalue weighted by Gasteiger charge is 2.17. The van der Waals surface area contributed by atoms with E-state index in [1.165, 1.54) is 10.9 Å². The number of aryl methyl sites for hydroxylation is 1. The SMILES string of the molecule is C=C(C)c1c(/C=C\C(C)CC)c2ccc(OC)cc2n1CCCCC(N)=O. The number of benzene rings is 1. The largest absolute Gasteiger partial charge is 0.497 e. The molecule has 0 saturated heterocycles. The highest BCUT2D eigenvalue weighted by atomic mass is 16.5.